The Hall–Kier alpha value is 0.310. The summed E-state index contributed by atoms with van der Waals surface area (Å²) < 4.78 is 0. The summed E-state index contributed by atoms with van der Waals surface area (Å²) in [6.07, 6.45) is 8.12. The van der Waals surface area contributed by atoms with Crippen LogP contribution in [-0.2, 0) is 0 Å². The lowest BCUT2D eigenvalue weighted by Gasteiger charge is -2.24. The molecule has 0 aromatic rings. The van der Waals surface area contributed by atoms with Gasteiger partial charge in [-0.05, 0) is 50.0 Å². The van der Waals surface area contributed by atoms with Gasteiger partial charge in [-0.2, -0.15) is 11.8 Å². The van der Waals surface area contributed by atoms with Crippen LogP contribution in [0.15, 0.2) is 0 Å². The Kier molecular flexibility index (Phi) is 4.31. The van der Waals surface area contributed by atoms with Gasteiger partial charge in [0, 0.05) is 0 Å². The molecule has 1 N–H and O–H groups in total. The quantitative estimate of drug-likeness (QED) is 0.708. The minimum Gasteiger partial charge on any atom is -0.393 e. The number of hydrogen-bond donors (Lipinski definition) is 1. The van der Waals surface area contributed by atoms with Gasteiger partial charge < -0.3 is 5.11 Å². The van der Waals surface area contributed by atoms with E-state index in [9.17, 15) is 5.11 Å². The predicted molar refractivity (Wildman–Crippen MR) is 51.0 cm³/mol. The van der Waals surface area contributed by atoms with E-state index >= 15 is 0 Å². The summed E-state index contributed by atoms with van der Waals surface area (Å²) in [7, 11) is 0. The molecule has 2 heteroatoms. The summed E-state index contributed by atoms with van der Waals surface area (Å²) in [5.41, 5.74) is 0. The number of aliphatic hydroxyl groups is 1. The first-order valence-electron chi connectivity index (χ1n) is 4.50. The molecule has 1 fully saturated rings. The minimum atomic E-state index is 0.0144. The molecule has 0 radical (unpaired) electrons. The van der Waals surface area contributed by atoms with Gasteiger partial charge in [0.2, 0.25) is 0 Å². The Morgan fingerprint density at radius 2 is 1.91 bits per heavy atom. The molecular formula is C9H18OS. The summed E-state index contributed by atoms with van der Waals surface area (Å²) in [6.45, 7) is 0. The van der Waals surface area contributed by atoms with Crippen molar-refractivity contribution in [3.8, 4) is 0 Å². The second-order valence-corrected chi connectivity index (χ2v) is 4.44. The van der Waals surface area contributed by atoms with Gasteiger partial charge >= 0.3 is 0 Å². The van der Waals surface area contributed by atoms with E-state index in [-0.39, 0.29) is 6.10 Å². The van der Waals surface area contributed by atoms with E-state index in [0.717, 1.165) is 18.8 Å². The highest BCUT2D eigenvalue weighted by Gasteiger charge is 2.18. The molecule has 1 aliphatic rings. The van der Waals surface area contributed by atoms with Crippen LogP contribution in [0.25, 0.3) is 0 Å². The number of hydrogen-bond acceptors (Lipinski definition) is 2. The van der Waals surface area contributed by atoms with E-state index in [2.05, 4.69) is 6.26 Å². The molecule has 0 atom stereocenters. The topological polar surface area (TPSA) is 20.2 Å². The highest BCUT2D eigenvalue weighted by molar-refractivity contribution is 7.98. The third kappa shape index (κ3) is 3.48. The van der Waals surface area contributed by atoms with Crippen LogP contribution in [0.2, 0.25) is 0 Å². The maximum Gasteiger partial charge on any atom is 0.0540 e. The van der Waals surface area contributed by atoms with Gasteiger partial charge in [-0.3, -0.25) is 0 Å². The van der Waals surface area contributed by atoms with Crippen molar-refractivity contribution in [2.24, 2.45) is 5.92 Å². The molecule has 1 aliphatic carbocycles. The Morgan fingerprint density at radius 3 is 2.45 bits per heavy atom. The largest absolute Gasteiger partial charge is 0.393 e. The van der Waals surface area contributed by atoms with Crippen LogP contribution in [0.1, 0.15) is 32.1 Å². The molecule has 1 rings (SSSR count). The average molecular weight is 174 g/mol. The first-order valence-corrected chi connectivity index (χ1v) is 5.89. The lowest BCUT2D eigenvalue weighted by atomic mass is 9.86. The standard InChI is InChI=1S/C9H18OS/c1-11-7-6-8-2-4-9(10)5-3-8/h8-10H,2-7H2,1H3. The molecule has 0 amide bonds. The van der Waals surface area contributed by atoms with Gasteiger partial charge in [0.15, 0.2) is 0 Å². The van der Waals surface area contributed by atoms with Gasteiger partial charge in [-0.25, -0.2) is 0 Å². The number of rotatable bonds is 3. The highest BCUT2D eigenvalue weighted by atomic mass is 32.2. The molecule has 0 spiro atoms. The van der Waals surface area contributed by atoms with Gasteiger partial charge in [0.25, 0.3) is 0 Å². The van der Waals surface area contributed by atoms with E-state index in [1.54, 1.807) is 0 Å². The smallest absolute Gasteiger partial charge is 0.0540 e. The van der Waals surface area contributed by atoms with Crippen LogP contribution >= 0.6 is 11.8 Å². The van der Waals surface area contributed by atoms with Crippen molar-refractivity contribution in [2.75, 3.05) is 12.0 Å². The lowest BCUT2D eigenvalue weighted by Crippen LogP contribution is -2.18. The second-order valence-electron chi connectivity index (χ2n) is 3.46. The molecule has 66 valence electrons. The minimum absolute atomic E-state index is 0.0144. The third-order valence-electron chi connectivity index (χ3n) is 2.55. The first-order chi connectivity index (χ1) is 5.33. The molecule has 1 nitrogen and oxygen atoms in total. The van der Waals surface area contributed by atoms with Crippen LogP contribution < -0.4 is 0 Å². The molecule has 0 saturated heterocycles. The highest BCUT2D eigenvalue weighted by Crippen LogP contribution is 2.27. The Bertz CT molecular complexity index is 95.0. The Balaban J connectivity index is 2.07. The Morgan fingerprint density at radius 1 is 1.27 bits per heavy atom. The molecule has 0 aromatic carbocycles. The van der Waals surface area contributed by atoms with E-state index in [0.29, 0.717) is 0 Å². The van der Waals surface area contributed by atoms with Gasteiger partial charge in [-0.1, -0.05) is 0 Å². The molecule has 1 saturated carbocycles. The summed E-state index contributed by atoms with van der Waals surface area (Å²) in [5.74, 6) is 2.20. The van der Waals surface area contributed by atoms with Crippen LogP contribution in [0.4, 0.5) is 0 Å². The maximum atomic E-state index is 9.25. The summed E-state index contributed by atoms with van der Waals surface area (Å²) in [4.78, 5) is 0. The number of thioether (sulfide) groups is 1. The fraction of sp³-hybridized carbons (Fsp3) is 1.00. The van der Waals surface area contributed by atoms with Crippen molar-refractivity contribution in [1.29, 1.82) is 0 Å². The molecule has 0 heterocycles. The van der Waals surface area contributed by atoms with Crippen LogP contribution in [0.5, 0.6) is 0 Å². The van der Waals surface area contributed by atoms with Crippen molar-refractivity contribution in [3.05, 3.63) is 0 Å². The molecular weight excluding hydrogens is 156 g/mol. The van der Waals surface area contributed by atoms with Crippen LogP contribution in [-0.4, -0.2) is 23.2 Å². The lowest BCUT2D eigenvalue weighted by molar-refractivity contribution is 0.108. The van der Waals surface area contributed by atoms with Crippen LogP contribution in [0.3, 0.4) is 0 Å². The molecule has 0 aromatic heterocycles. The maximum absolute atomic E-state index is 9.25. The van der Waals surface area contributed by atoms with Crippen molar-refractivity contribution in [1.82, 2.24) is 0 Å². The Labute approximate surface area is 73.6 Å². The third-order valence-corrected chi connectivity index (χ3v) is 3.19. The van der Waals surface area contributed by atoms with Gasteiger partial charge in [-0.15, -0.1) is 0 Å². The zero-order valence-electron chi connectivity index (χ0n) is 7.25. The normalized spacial score (nSPS) is 32.2. The van der Waals surface area contributed by atoms with E-state index in [4.69, 9.17) is 0 Å². The van der Waals surface area contributed by atoms with Gasteiger partial charge in [0.1, 0.15) is 0 Å². The van der Waals surface area contributed by atoms with E-state index in [1.807, 2.05) is 11.8 Å². The monoisotopic (exact) mass is 174 g/mol. The van der Waals surface area contributed by atoms with Gasteiger partial charge in [0.05, 0.1) is 6.10 Å². The summed E-state index contributed by atoms with van der Waals surface area (Å²) in [5, 5.41) is 9.25. The van der Waals surface area contributed by atoms with E-state index in [1.165, 1.54) is 25.0 Å². The zero-order chi connectivity index (χ0) is 8.10. The SMILES string of the molecule is CSCCC1CCC(O)CC1. The zero-order valence-corrected chi connectivity index (χ0v) is 8.07. The summed E-state index contributed by atoms with van der Waals surface area (Å²) in [6, 6.07) is 0. The van der Waals surface area contributed by atoms with Crippen molar-refractivity contribution in [2.45, 2.75) is 38.2 Å². The molecule has 0 aliphatic heterocycles. The molecule has 0 bridgehead atoms. The van der Waals surface area contributed by atoms with Crippen LogP contribution in [0, 0.1) is 5.92 Å². The molecule has 0 unspecified atom stereocenters. The van der Waals surface area contributed by atoms with Crippen molar-refractivity contribution in [3.63, 3.8) is 0 Å². The first kappa shape index (κ1) is 9.40. The number of aliphatic hydroxyl groups excluding tert-OH is 1. The summed E-state index contributed by atoms with van der Waals surface area (Å²) >= 11 is 1.93. The molecule has 11 heavy (non-hydrogen) atoms. The fourth-order valence-corrected chi connectivity index (χ4v) is 2.29. The second kappa shape index (κ2) is 5.04. The predicted octanol–water partition coefficient (Wildman–Crippen LogP) is 2.29. The average Bonchev–Trinajstić information content (AvgIpc) is 2.04. The fourth-order valence-electron chi connectivity index (χ4n) is 1.72. The van der Waals surface area contributed by atoms with Crippen molar-refractivity contribution < 1.29 is 5.11 Å². The van der Waals surface area contributed by atoms with E-state index < -0.39 is 0 Å². The van der Waals surface area contributed by atoms with Crippen molar-refractivity contribution >= 4 is 11.8 Å².